The van der Waals surface area contributed by atoms with Crippen molar-refractivity contribution in [2.24, 2.45) is 0 Å². The second-order valence-corrected chi connectivity index (χ2v) is 7.88. The summed E-state index contributed by atoms with van der Waals surface area (Å²) in [6, 6.07) is 12.3. The smallest absolute Gasteiger partial charge is 0.340 e. The summed E-state index contributed by atoms with van der Waals surface area (Å²) in [6.45, 7) is 2.37. The highest BCUT2D eigenvalue weighted by molar-refractivity contribution is 7.89. The van der Waals surface area contributed by atoms with Crippen LogP contribution in [-0.2, 0) is 29.1 Å². The van der Waals surface area contributed by atoms with E-state index in [0.717, 1.165) is 5.56 Å². The number of para-hydroxylation sites is 1. The van der Waals surface area contributed by atoms with Gasteiger partial charge in [-0.05, 0) is 38.1 Å². The summed E-state index contributed by atoms with van der Waals surface area (Å²) < 4.78 is 36.1. The maximum Gasteiger partial charge on any atom is 0.340 e. The van der Waals surface area contributed by atoms with Crippen LogP contribution in [0.3, 0.4) is 0 Å². The third-order valence-electron chi connectivity index (χ3n) is 3.80. The Morgan fingerprint density at radius 3 is 2.30 bits per heavy atom. The van der Waals surface area contributed by atoms with Crippen LogP contribution >= 0.6 is 0 Å². The van der Waals surface area contributed by atoms with Crippen LogP contribution in [0.1, 0.15) is 22.8 Å². The molecule has 0 aliphatic heterocycles. The first-order chi connectivity index (χ1) is 14.2. The lowest BCUT2D eigenvalue weighted by Gasteiger charge is -2.11. The highest BCUT2D eigenvalue weighted by Gasteiger charge is 2.18. The van der Waals surface area contributed by atoms with E-state index in [1.165, 1.54) is 24.3 Å². The standard InChI is InChI=1S/C20H22N2O7S/c1-3-28-20(25)16-6-4-5-7-17(16)22-18(23)13-29-19(24)12-21-30(26,27)15-10-8-14(2)9-11-15/h4-11,21H,3,12-13H2,1-2H3,(H,22,23). The Hall–Kier alpha value is -3.24. The van der Waals surface area contributed by atoms with Crippen molar-refractivity contribution >= 4 is 33.6 Å². The summed E-state index contributed by atoms with van der Waals surface area (Å²) in [5.41, 5.74) is 1.26. The zero-order chi connectivity index (χ0) is 22.1. The SMILES string of the molecule is CCOC(=O)c1ccccc1NC(=O)COC(=O)CNS(=O)(=O)c1ccc(C)cc1. The number of nitrogens with one attached hydrogen (secondary N) is 2. The molecule has 2 aromatic rings. The average Bonchev–Trinajstić information content (AvgIpc) is 2.71. The zero-order valence-electron chi connectivity index (χ0n) is 16.5. The van der Waals surface area contributed by atoms with Gasteiger partial charge in [-0.1, -0.05) is 29.8 Å². The average molecular weight is 434 g/mol. The van der Waals surface area contributed by atoms with Gasteiger partial charge in [0, 0.05) is 0 Å². The van der Waals surface area contributed by atoms with E-state index in [0.29, 0.717) is 0 Å². The summed E-state index contributed by atoms with van der Waals surface area (Å²) in [5, 5.41) is 2.45. The van der Waals surface area contributed by atoms with E-state index >= 15 is 0 Å². The Labute approximate surface area is 174 Å². The molecule has 0 spiro atoms. The first-order valence-electron chi connectivity index (χ1n) is 9.01. The number of amides is 1. The molecule has 30 heavy (non-hydrogen) atoms. The van der Waals surface area contributed by atoms with Crippen LogP contribution in [-0.4, -0.2) is 46.0 Å². The number of esters is 2. The normalized spacial score (nSPS) is 10.9. The van der Waals surface area contributed by atoms with Crippen LogP contribution in [0, 0.1) is 6.92 Å². The largest absolute Gasteiger partial charge is 0.462 e. The summed E-state index contributed by atoms with van der Waals surface area (Å²) in [4.78, 5) is 35.7. The van der Waals surface area contributed by atoms with Gasteiger partial charge in [-0.25, -0.2) is 13.2 Å². The van der Waals surface area contributed by atoms with Gasteiger partial charge in [0.05, 0.1) is 22.8 Å². The van der Waals surface area contributed by atoms with Gasteiger partial charge < -0.3 is 14.8 Å². The Morgan fingerprint density at radius 2 is 1.63 bits per heavy atom. The molecular weight excluding hydrogens is 412 g/mol. The number of carbonyl (C=O) groups is 3. The predicted octanol–water partition coefficient (Wildman–Crippen LogP) is 1.63. The van der Waals surface area contributed by atoms with Crippen LogP contribution in [0.15, 0.2) is 53.4 Å². The van der Waals surface area contributed by atoms with Crippen molar-refractivity contribution in [2.45, 2.75) is 18.7 Å². The van der Waals surface area contributed by atoms with E-state index in [2.05, 4.69) is 10.0 Å². The number of aryl methyl sites for hydroxylation is 1. The minimum atomic E-state index is -3.88. The highest BCUT2D eigenvalue weighted by Crippen LogP contribution is 2.16. The predicted molar refractivity (Wildman–Crippen MR) is 108 cm³/mol. The highest BCUT2D eigenvalue weighted by atomic mass is 32.2. The van der Waals surface area contributed by atoms with E-state index in [1.54, 1.807) is 31.2 Å². The van der Waals surface area contributed by atoms with Gasteiger partial charge in [0.25, 0.3) is 5.91 Å². The Bertz CT molecular complexity index is 1020. The molecule has 0 saturated heterocycles. The lowest BCUT2D eigenvalue weighted by molar-refractivity contribution is -0.146. The van der Waals surface area contributed by atoms with Crippen molar-refractivity contribution in [1.29, 1.82) is 0 Å². The van der Waals surface area contributed by atoms with E-state index < -0.39 is 41.0 Å². The minimum Gasteiger partial charge on any atom is -0.462 e. The van der Waals surface area contributed by atoms with Crippen LogP contribution in [0.5, 0.6) is 0 Å². The molecule has 0 bridgehead atoms. The second kappa shape index (κ2) is 10.5. The summed E-state index contributed by atoms with van der Waals surface area (Å²) >= 11 is 0. The molecule has 2 rings (SSSR count). The van der Waals surface area contributed by atoms with Crippen LogP contribution < -0.4 is 10.0 Å². The molecule has 160 valence electrons. The van der Waals surface area contributed by atoms with E-state index in [4.69, 9.17) is 9.47 Å². The molecule has 0 unspecified atom stereocenters. The molecule has 0 aliphatic carbocycles. The van der Waals surface area contributed by atoms with Crippen molar-refractivity contribution in [3.05, 3.63) is 59.7 Å². The van der Waals surface area contributed by atoms with Gasteiger partial charge in [-0.15, -0.1) is 0 Å². The molecule has 0 aromatic heterocycles. The molecule has 0 heterocycles. The molecule has 0 saturated carbocycles. The van der Waals surface area contributed by atoms with Crippen molar-refractivity contribution in [3.63, 3.8) is 0 Å². The zero-order valence-corrected chi connectivity index (χ0v) is 17.3. The number of hydrogen-bond donors (Lipinski definition) is 2. The van der Waals surface area contributed by atoms with Gasteiger partial charge in [0.2, 0.25) is 10.0 Å². The third kappa shape index (κ3) is 6.68. The quantitative estimate of drug-likeness (QED) is 0.574. The van der Waals surface area contributed by atoms with Gasteiger partial charge in [-0.2, -0.15) is 4.72 Å². The second-order valence-electron chi connectivity index (χ2n) is 6.11. The van der Waals surface area contributed by atoms with Crippen LogP contribution in [0.4, 0.5) is 5.69 Å². The monoisotopic (exact) mass is 434 g/mol. The molecule has 2 aromatic carbocycles. The molecule has 0 aliphatic rings. The van der Waals surface area contributed by atoms with E-state index in [1.807, 2.05) is 6.92 Å². The van der Waals surface area contributed by atoms with Gasteiger partial charge in [0.1, 0.15) is 6.54 Å². The third-order valence-corrected chi connectivity index (χ3v) is 5.22. The van der Waals surface area contributed by atoms with Crippen molar-refractivity contribution < 1.29 is 32.3 Å². The van der Waals surface area contributed by atoms with Gasteiger partial charge in [0.15, 0.2) is 6.61 Å². The molecular formula is C20H22N2O7S. The molecule has 1 amide bonds. The minimum absolute atomic E-state index is 0.00853. The summed E-state index contributed by atoms with van der Waals surface area (Å²) in [7, 11) is -3.88. The van der Waals surface area contributed by atoms with Gasteiger partial charge >= 0.3 is 11.9 Å². The van der Waals surface area contributed by atoms with E-state index in [-0.39, 0.29) is 22.8 Å². The molecule has 9 nitrogen and oxygen atoms in total. The lowest BCUT2D eigenvalue weighted by atomic mass is 10.2. The van der Waals surface area contributed by atoms with Crippen molar-refractivity contribution in [3.8, 4) is 0 Å². The Balaban J connectivity index is 1.86. The Kier molecular flexibility index (Phi) is 8.07. The topological polar surface area (TPSA) is 128 Å². The number of ether oxygens (including phenoxy) is 2. The number of hydrogen-bond acceptors (Lipinski definition) is 7. The fourth-order valence-electron chi connectivity index (χ4n) is 2.32. The maximum atomic E-state index is 12.1. The summed E-state index contributed by atoms with van der Waals surface area (Å²) in [6.07, 6.45) is 0. The van der Waals surface area contributed by atoms with Gasteiger partial charge in [-0.3, -0.25) is 9.59 Å². The number of rotatable bonds is 9. The molecule has 0 fully saturated rings. The summed E-state index contributed by atoms with van der Waals surface area (Å²) in [5.74, 6) is -2.23. The van der Waals surface area contributed by atoms with Crippen molar-refractivity contribution in [1.82, 2.24) is 4.72 Å². The molecule has 0 radical (unpaired) electrons. The van der Waals surface area contributed by atoms with Crippen LogP contribution in [0.2, 0.25) is 0 Å². The fourth-order valence-corrected chi connectivity index (χ4v) is 3.29. The van der Waals surface area contributed by atoms with Crippen LogP contribution in [0.25, 0.3) is 0 Å². The van der Waals surface area contributed by atoms with Crippen molar-refractivity contribution in [2.75, 3.05) is 25.1 Å². The lowest BCUT2D eigenvalue weighted by Crippen LogP contribution is -2.32. The first kappa shape index (κ1) is 23.0. The number of benzene rings is 2. The molecule has 2 N–H and O–H groups in total. The number of carbonyl (C=O) groups excluding carboxylic acids is 3. The molecule has 0 atom stereocenters. The maximum absolute atomic E-state index is 12.1. The fraction of sp³-hybridized carbons (Fsp3) is 0.250. The first-order valence-corrected chi connectivity index (χ1v) is 10.5. The Morgan fingerprint density at radius 1 is 0.967 bits per heavy atom. The molecule has 10 heteroatoms. The number of sulfonamides is 1. The van der Waals surface area contributed by atoms with E-state index in [9.17, 15) is 22.8 Å². The number of anilines is 1.